The van der Waals surface area contributed by atoms with Crippen molar-refractivity contribution in [3.63, 3.8) is 0 Å². The van der Waals surface area contributed by atoms with Crippen molar-refractivity contribution in [2.75, 3.05) is 26.3 Å². The minimum Gasteiger partial charge on any atom is -0.493 e. The number of amides is 1. The molecule has 1 N–H and O–H groups in total. The van der Waals surface area contributed by atoms with Gasteiger partial charge in [-0.3, -0.25) is 14.9 Å². The van der Waals surface area contributed by atoms with Crippen LogP contribution in [0, 0.1) is 11.8 Å². The first-order valence-corrected chi connectivity index (χ1v) is 11.2. The van der Waals surface area contributed by atoms with E-state index in [1.807, 2.05) is 11.0 Å². The van der Waals surface area contributed by atoms with Crippen molar-refractivity contribution >= 4 is 45.1 Å². The molecular weight excluding hydrogens is 456 g/mol. The molecule has 0 atom stereocenters. The fraction of sp³-hybridized carbons (Fsp3) is 0.571. The molecule has 6 nitrogen and oxygen atoms in total. The lowest BCUT2D eigenvalue weighted by Crippen LogP contribution is -2.47. The lowest BCUT2D eigenvalue weighted by Gasteiger charge is -2.32. The van der Waals surface area contributed by atoms with Gasteiger partial charge in [-0.15, -0.1) is 0 Å². The Hall–Kier alpha value is -1.67. The summed E-state index contributed by atoms with van der Waals surface area (Å²) in [7, 11) is 0. The molecule has 1 saturated heterocycles. The normalized spacial score (nSPS) is 14.6. The maximum absolute atomic E-state index is 12.8. The number of halogens is 1. The van der Waals surface area contributed by atoms with Crippen LogP contribution in [-0.4, -0.2) is 48.2 Å². The Morgan fingerprint density at radius 1 is 1.31 bits per heavy atom. The van der Waals surface area contributed by atoms with Crippen molar-refractivity contribution in [3.8, 4) is 5.75 Å². The maximum atomic E-state index is 12.8. The van der Waals surface area contributed by atoms with E-state index in [1.54, 1.807) is 19.1 Å². The second kappa shape index (κ2) is 11.5. The first-order chi connectivity index (χ1) is 13.8. The van der Waals surface area contributed by atoms with E-state index >= 15 is 0 Å². The number of carbonyl (C=O) groups is 2. The van der Waals surface area contributed by atoms with Crippen molar-refractivity contribution < 1.29 is 19.1 Å². The number of thiocarbonyl (C=S) groups is 1. The molecule has 0 unspecified atom stereocenters. The van der Waals surface area contributed by atoms with Crippen LogP contribution < -0.4 is 10.1 Å². The molecule has 2 rings (SSSR count). The fourth-order valence-corrected chi connectivity index (χ4v) is 3.67. The SMILES string of the molecule is CCOC(=O)C1CCN(C(=S)NC(=O)c2cc(Br)ccc2OCCC(C)C)CC1. The number of piperidine rings is 1. The Morgan fingerprint density at radius 2 is 2.00 bits per heavy atom. The van der Waals surface area contributed by atoms with Crippen LogP contribution >= 0.6 is 28.1 Å². The second-order valence-electron chi connectivity index (χ2n) is 7.44. The molecule has 1 aliphatic heterocycles. The predicted octanol–water partition coefficient (Wildman–Crippen LogP) is 4.16. The van der Waals surface area contributed by atoms with Crippen LogP contribution in [0.1, 0.15) is 50.4 Å². The van der Waals surface area contributed by atoms with Gasteiger partial charge in [-0.25, -0.2) is 0 Å². The number of hydrogen-bond acceptors (Lipinski definition) is 5. The van der Waals surface area contributed by atoms with Crippen LogP contribution in [0.15, 0.2) is 22.7 Å². The third kappa shape index (κ3) is 7.26. The van der Waals surface area contributed by atoms with Crippen LogP contribution in [-0.2, 0) is 9.53 Å². The molecule has 1 fully saturated rings. The number of nitrogens with one attached hydrogen (secondary N) is 1. The van der Waals surface area contributed by atoms with Crippen LogP contribution in [0.25, 0.3) is 0 Å². The van der Waals surface area contributed by atoms with Gasteiger partial charge in [0.25, 0.3) is 5.91 Å². The summed E-state index contributed by atoms with van der Waals surface area (Å²) in [5.41, 5.74) is 0.437. The van der Waals surface area contributed by atoms with Gasteiger partial charge in [0.05, 0.1) is 24.7 Å². The zero-order valence-electron chi connectivity index (χ0n) is 17.2. The number of rotatable bonds is 7. The lowest BCUT2D eigenvalue weighted by molar-refractivity contribution is -0.149. The number of ether oxygens (including phenoxy) is 2. The maximum Gasteiger partial charge on any atom is 0.309 e. The van der Waals surface area contributed by atoms with E-state index in [0.29, 0.717) is 61.5 Å². The van der Waals surface area contributed by atoms with Gasteiger partial charge in [0.15, 0.2) is 5.11 Å². The van der Waals surface area contributed by atoms with Gasteiger partial charge >= 0.3 is 5.97 Å². The van der Waals surface area contributed by atoms with E-state index in [-0.39, 0.29) is 17.8 Å². The molecule has 1 aromatic rings. The average molecular weight is 485 g/mol. The highest BCUT2D eigenvalue weighted by Crippen LogP contribution is 2.24. The first kappa shape index (κ1) is 23.6. The van der Waals surface area contributed by atoms with E-state index in [2.05, 4.69) is 35.1 Å². The van der Waals surface area contributed by atoms with Crippen molar-refractivity contribution in [1.82, 2.24) is 10.2 Å². The minimum atomic E-state index is -0.302. The van der Waals surface area contributed by atoms with Gasteiger partial charge in [-0.2, -0.15) is 0 Å². The molecule has 29 heavy (non-hydrogen) atoms. The summed E-state index contributed by atoms with van der Waals surface area (Å²) in [6, 6.07) is 5.36. The van der Waals surface area contributed by atoms with Gasteiger partial charge in [0.1, 0.15) is 5.75 Å². The quantitative estimate of drug-likeness (QED) is 0.462. The molecule has 1 aliphatic rings. The summed E-state index contributed by atoms with van der Waals surface area (Å²) in [6.07, 6.45) is 2.23. The van der Waals surface area contributed by atoms with Gasteiger partial charge in [-0.05, 0) is 62.5 Å². The van der Waals surface area contributed by atoms with Crippen LogP contribution in [0.5, 0.6) is 5.75 Å². The summed E-state index contributed by atoms with van der Waals surface area (Å²) in [5.74, 6) is 0.501. The van der Waals surface area contributed by atoms with E-state index < -0.39 is 0 Å². The standard InChI is InChI=1S/C21H29BrN2O4S/c1-4-27-20(26)15-7-10-24(11-8-15)21(29)23-19(25)17-13-16(22)5-6-18(17)28-12-9-14(2)3/h5-6,13-15H,4,7-12H2,1-3H3,(H,23,25,29). The van der Waals surface area contributed by atoms with Crippen molar-refractivity contribution in [2.45, 2.75) is 40.0 Å². The second-order valence-corrected chi connectivity index (χ2v) is 8.75. The summed E-state index contributed by atoms with van der Waals surface area (Å²) >= 11 is 8.84. The average Bonchev–Trinajstić information content (AvgIpc) is 2.69. The van der Waals surface area contributed by atoms with Gasteiger partial charge in [-0.1, -0.05) is 29.8 Å². The third-order valence-electron chi connectivity index (χ3n) is 4.76. The number of hydrogen-bond donors (Lipinski definition) is 1. The van der Waals surface area contributed by atoms with Crippen molar-refractivity contribution in [3.05, 3.63) is 28.2 Å². The van der Waals surface area contributed by atoms with Crippen molar-refractivity contribution in [1.29, 1.82) is 0 Å². The molecular formula is C21H29BrN2O4S. The van der Waals surface area contributed by atoms with Gasteiger partial charge in [0, 0.05) is 17.6 Å². The molecule has 1 heterocycles. The Bertz CT molecular complexity index is 733. The third-order valence-corrected chi connectivity index (χ3v) is 5.62. The zero-order chi connectivity index (χ0) is 21.4. The van der Waals surface area contributed by atoms with Gasteiger partial charge < -0.3 is 14.4 Å². The Balaban J connectivity index is 1.95. The molecule has 1 amide bonds. The molecule has 0 aromatic heterocycles. The van der Waals surface area contributed by atoms with E-state index in [4.69, 9.17) is 21.7 Å². The molecule has 1 aromatic carbocycles. The highest BCUT2D eigenvalue weighted by Gasteiger charge is 2.28. The zero-order valence-corrected chi connectivity index (χ0v) is 19.6. The number of carbonyl (C=O) groups excluding carboxylic acids is 2. The molecule has 0 aliphatic carbocycles. The first-order valence-electron chi connectivity index (χ1n) is 10.0. The van der Waals surface area contributed by atoms with Gasteiger partial charge in [0.2, 0.25) is 0 Å². The van der Waals surface area contributed by atoms with E-state index in [1.165, 1.54) is 0 Å². The number of nitrogens with zero attached hydrogens (tertiary/aromatic N) is 1. The summed E-state index contributed by atoms with van der Waals surface area (Å²) < 4.78 is 11.7. The molecule has 0 spiro atoms. The molecule has 0 saturated carbocycles. The Kier molecular flexibility index (Phi) is 9.36. The highest BCUT2D eigenvalue weighted by molar-refractivity contribution is 9.10. The predicted molar refractivity (Wildman–Crippen MR) is 120 cm³/mol. The molecule has 160 valence electrons. The Morgan fingerprint density at radius 3 is 2.62 bits per heavy atom. The van der Waals surface area contributed by atoms with E-state index in [9.17, 15) is 9.59 Å². The highest BCUT2D eigenvalue weighted by atomic mass is 79.9. The van der Waals surface area contributed by atoms with Crippen LogP contribution in [0.3, 0.4) is 0 Å². The largest absolute Gasteiger partial charge is 0.493 e. The molecule has 0 bridgehead atoms. The number of esters is 1. The minimum absolute atomic E-state index is 0.101. The monoisotopic (exact) mass is 484 g/mol. The summed E-state index contributed by atoms with van der Waals surface area (Å²) in [4.78, 5) is 26.6. The number of likely N-dealkylation sites (tertiary alicyclic amines) is 1. The van der Waals surface area contributed by atoms with Crippen molar-refractivity contribution in [2.24, 2.45) is 11.8 Å². The number of benzene rings is 1. The molecule has 8 heteroatoms. The fourth-order valence-electron chi connectivity index (χ4n) is 3.03. The lowest BCUT2D eigenvalue weighted by atomic mass is 9.97. The van der Waals surface area contributed by atoms with Crippen LogP contribution in [0.4, 0.5) is 0 Å². The Labute approximate surface area is 186 Å². The topological polar surface area (TPSA) is 67.9 Å². The van der Waals surface area contributed by atoms with Crippen LogP contribution in [0.2, 0.25) is 0 Å². The smallest absolute Gasteiger partial charge is 0.309 e. The summed E-state index contributed by atoms with van der Waals surface area (Å²) in [5, 5.41) is 3.17. The summed E-state index contributed by atoms with van der Waals surface area (Å²) in [6.45, 7) is 8.22. The molecule has 0 radical (unpaired) electrons. The van der Waals surface area contributed by atoms with E-state index in [0.717, 1.165) is 10.9 Å².